The van der Waals surface area contributed by atoms with Crippen LogP contribution in [0.15, 0.2) is 0 Å². The molecule has 0 heterocycles. The Balaban J connectivity index is -0.000000103. The maximum atomic E-state index is 2.40. The average molecular weight is 2060 g/mol. The number of hydrogen-bond acceptors (Lipinski definition) is 0. The molecule has 0 amide bonds. The first-order valence-corrected chi connectivity index (χ1v) is 67.1. The molecule has 145 heavy (non-hydrogen) atoms. The van der Waals surface area contributed by atoms with Crippen molar-refractivity contribution in [3.8, 4) is 0 Å². The average Bonchev–Trinajstić information content (AvgIpc) is 1.65. The van der Waals surface area contributed by atoms with Crippen LogP contribution in [-0.2, 0) is 0 Å². The van der Waals surface area contributed by atoms with Crippen LogP contribution in [0.5, 0.6) is 0 Å². The van der Waals surface area contributed by atoms with Gasteiger partial charge in [-0.2, -0.15) is 0 Å². The summed E-state index contributed by atoms with van der Waals surface area (Å²) in [6.45, 7) is 142. The lowest BCUT2D eigenvalue weighted by atomic mass is 9.74. The van der Waals surface area contributed by atoms with Gasteiger partial charge in [0, 0.05) is 0 Å². The topological polar surface area (TPSA) is 0 Å². The molecule has 898 valence electrons. The van der Waals surface area contributed by atoms with Crippen LogP contribution >= 0.6 is 0 Å². The number of hydrogen-bond donors (Lipinski definition) is 0. The molecule has 0 aromatic heterocycles. The van der Waals surface area contributed by atoms with E-state index in [9.17, 15) is 0 Å². The van der Waals surface area contributed by atoms with Crippen molar-refractivity contribution < 1.29 is 0 Å². The van der Waals surface area contributed by atoms with Crippen LogP contribution in [0.3, 0.4) is 0 Å². The molecule has 0 aromatic rings. The van der Waals surface area contributed by atoms with E-state index in [-0.39, 0.29) is 0 Å². The van der Waals surface area contributed by atoms with Crippen molar-refractivity contribution >= 4 is 0 Å². The van der Waals surface area contributed by atoms with Gasteiger partial charge in [-0.25, -0.2) is 0 Å². The highest BCUT2D eigenvalue weighted by Gasteiger charge is 2.43. The molecule has 12 fully saturated rings. The third-order valence-corrected chi connectivity index (χ3v) is 32.6. The summed E-state index contributed by atoms with van der Waals surface area (Å²) in [5, 5.41) is 0. The van der Waals surface area contributed by atoms with Gasteiger partial charge in [-0.3, -0.25) is 0 Å². The summed E-state index contributed by atoms with van der Waals surface area (Å²) in [7, 11) is 0. The minimum Gasteiger partial charge on any atom is -0.0683 e. The molecule has 12 saturated carbocycles. The second-order valence-electron chi connectivity index (χ2n) is 57.4. The first-order valence-electron chi connectivity index (χ1n) is 67.1. The van der Waals surface area contributed by atoms with Crippen molar-refractivity contribution in [2.75, 3.05) is 0 Å². The van der Waals surface area contributed by atoms with Crippen LogP contribution in [0.2, 0.25) is 0 Å². The van der Waals surface area contributed by atoms with Crippen molar-refractivity contribution in [3.63, 3.8) is 0 Å². The van der Waals surface area contributed by atoms with Gasteiger partial charge in [0.2, 0.25) is 0 Å². The predicted octanol–water partition coefficient (Wildman–Crippen LogP) is 55.8. The highest BCUT2D eigenvalue weighted by molar-refractivity contribution is 4.94. The standard InChI is InChI=1S/C10H20.3C8H16.2C7H14.3C6H12.5C6H14.2C5H10.4C5H12.C4H8.2C4H10.C3H8.2C2H6/c1-8-9(2,3)6-7-10(8,4)5;1-6-4-7(2)8(3)5-6;1-7-5-4-6-8(7,2)3;1-6-4-5-7(2)8(6)3;1-6-4-3-5-7(6)2;1-7-5-3-2-4-6-7;1-6-4-2-3-5-6;1-2-6-4-3-5-6;1-2-3-6-4-5-6;2*1-5-6(2,3)4;2*1-4-5-6(2)3;1-4-6(3)5-2;1-5-3-2-4-5;1-2-5-3-4-5;1-5(2,3)4;2*1-4-5(2)3;1-3-5-4-2;1-4-2-3-4;1-4(2)3;1-3-4-2;1-3-2;2*1-2/h8H,6-7H2,1-5H3;6-8H,4-5H2,1-3H3;7H,4-6H2,1-3H3;6-8H,4-5H2,1-3H3;6-7H,3-5H2,1-2H3;7H,2-6H2,1H3;3*6H,2-5H2,1H3;2*5H2,1-4H3;3*6H,4-5H2,1-3H3;2*5H,2-4H2,1H3;1-4H3;2*5H,4H2,1-3H3;3-5H2,1-2H3;4H,2-3H2,1H3;4H,1-3H3;3-4H2,1-2H3;3H2,1-2H3;2*1-2H3/t;;7-;;6-,7?;;;;;;;;;;;;;;;;;;;;;/m..1.1...................../s1. The first-order chi connectivity index (χ1) is 67.1. The van der Waals surface area contributed by atoms with Crippen molar-refractivity contribution in [1.29, 1.82) is 0 Å². The molecule has 12 aliphatic carbocycles. The first kappa shape index (κ1) is 175. The molecule has 0 N–H and O–H groups in total. The Morgan fingerprint density at radius 3 is 0.579 bits per heavy atom. The highest BCUT2D eigenvalue weighted by Crippen LogP contribution is 2.53. The van der Waals surface area contributed by atoms with Crippen LogP contribution in [0.25, 0.3) is 0 Å². The van der Waals surface area contributed by atoms with Gasteiger partial charge < -0.3 is 0 Å². The molecule has 0 radical (unpaired) electrons. The summed E-state index contributed by atoms with van der Waals surface area (Å²) >= 11 is 0. The highest BCUT2D eigenvalue weighted by atomic mass is 14.5. The molecule has 5 unspecified atom stereocenters. The Morgan fingerprint density at radius 2 is 0.524 bits per heavy atom. The second kappa shape index (κ2) is 118. The van der Waals surface area contributed by atoms with Gasteiger partial charge in [-0.1, -0.05) is 744 Å². The Morgan fingerprint density at radius 1 is 0.255 bits per heavy atom. The van der Waals surface area contributed by atoms with E-state index in [1.807, 2.05) is 27.7 Å². The minimum absolute atomic E-state index is 0.500. The summed E-state index contributed by atoms with van der Waals surface area (Å²) in [4.78, 5) is 0. The Bertz CT molecular complexity index is 2110. The van der Waals surface area contributed by atoms with Crippen molar-refractivity contribution in [2.45, 2.75) is 776 Å². The lowest BCUT2D eigenvalue weighted by Gasteiger charge is -2.31. The summed E-state index contributed by atoms with van der Waals surface area (Å²) in [5.41, 5.74) is 3.41. The van der Waals surface area contributed by atoms with Crippen LogP contribution in [0, 0.1) is 169 Å². The zero-order chi connectivity index (χ0) is 117. The summed E-state index contributed by atoms with van der Waals surface area (Å²) < 4.78 is 0. The molecule has 0 spiro atoms. The van der Waals surface area contributed by atoms with E-state index < -0.39 is 0 Å². The van der Waals surface area contributed by atoms with Crippen LogP contribution in [0.1, 0.15) is 776 Å². The third-order valence-electron chi connectivity index (χ3n) is 32.6. The van der Waals surface area contributed by atoms with Crippen LogP contribution < -0.4 is 0 Å². The molecule has 0 nitrogen and oxygen atoms in total. The van der Waals surface area contributed by atoms with E-state index in [1.165, 1.54) is 340 Å². The molecule has 12 rings (SSSR count). The van der Waals surface area contributed by atoms with Crippen molar-refractivity contribution in [2.24, 2.45) is 169 Å². The van der Waals surface area contributed by atoms with Crippen LogP contribution in [-0.4, -0.2) is 0 Å². The summed E-state index contributed by atoms with van der Waals surface area (Å²) in [5.74, 6) is 22.8. The molecule has 0 saturated heterocycles. The molecule has 0 bridgehead atoms. The van der Waals surface area contributed by atoms with E-state index >= 15 is 0 Å². The van der Waals surface area contributed by atoms with Crippen molar-refractivity contribution in [1.82, 2.24) is 0 Å². The summed E-state index contributed by atoms with van der Waals surface area (Å²) in [6, 6.07) is 0. The van der Waals surface area contributed by atoms with Gasteiger partial charge in [0.1, 0.15) is 0 Å². The Hall–Kier alpha value is 0. The Kier molecular flexibility index (Phi) is 143. The fraction of sp³-hybridized carbons (Fsp3) is 1.00. The molecular weight excluding hydrogens is 1740 g/mol. The second-order valence-corrected chi connectivity index (χ2v) is 57.4. The zero-order valence-electron chi connectivity index (χ0n) is 117. The lowest BCUT2D eigenvalue weighted by Crippen LogP contribution is -2.24. The monoisotopic (exact) mass is 2060 g/mol. The van der Waals surface area contributed by atoms with Gasteiger partial charge in [-0.15, -0.1) is 0 Å². The maximum absolute atomic E-state index is 2.40. The van der Waals surface area contributed by atoms with E-state index in [4.69, 9.17) is 0 Å². The predicted molar refractivity (Wildman–Crippen MR) is 697 cm³/mol. The van der Waals surface area contributed by atoms with E-state index in [1.54, 1.807) is 0 Å². The molecule has 7 atom stereocenters. The molecule has 0 aliphatic heterocycles. The molecule has 0 aromatic carbocycles. The fourth-order valence-corrected chi connectivity index (χ4v) is 15.7. The van der Waals surface area contributed by atoms with E-state index in [0.717, 1.165) is 136 Å². The van der Waals surface area contributed by atoms with Crippen molar-refractivity contribution in [3.05, 3.63) is 0 Å². The normalized spacial score (nSPS) is 22.2. The molecule has 12 aliphatic rings. The number of rotatable bonds is 15. The quantitative estimate of drug-likeness (QED) is 0.153. The number of unbranched alkanes of at least 4 members (excludes halogenated alkanes) is 3. The van der Waals surface area contributed by atoms with E-state index in [0.29, 0.717) is 32.5 Å². The Labute approximate surface area is 938 Å². The van der Waals surface area contributed by atoms with Gasteiger partial charge in [-0.05, 0) is 201 Å². The lowest BCUT2D eigenvalue weighted by molar-refractivity contribution is 0.179. The van der Waals surface area contributed by atoms with Gasteiger partial charge in [0.25, 0.3) is 0 Å². The summed E-state index contributed by atoms with van der Waals surface area (Å²) in [6.07, 6.45) is 75.7. The van der Waals surface area contributed by atoms with Crippen LogP contribution in [0.4, 0.5) is 0 Å². The fourth-order valence-electron chi connectivity index (χ4n) is 15.7. The largest absolute Gasteiger partial charge is 0.0683 e. The minimum atomic E-state index is 0.500. The van der Waals surface area contributed by atoms with Gasteiger partial charge in [0.05, 0.1) is 0 Å². The van der Waals surface area contributed by atoms with Gasteiger partial charge >= 0.3 is 0 Å². The third kappa shape index (κ3) is 164. The SMILES string of the molecule is CC.CC.CC(C)(C)C.CC(C)C.CC1C(C)(C)CCC1(C)C.CC1CC(C)C(C)C1.CC1CC1.CC1CCC(C)C1C.CC1CCC1.CC1CCCC1.CC1CCCCC1.CC1CCC[C@H]1C.CCC.CCC(C)(C)C.CCC(C)(C)C.CCC(C)C.CCC(C)C.CCC(C)CC.CCC1CC1.CCC1CCC1.CCCC.CCCC(C)C.CCCC(C)C.CCCC1CC1.CCCCC.C[C@@H]1CCCC1(C)C. The molecule has 0 heteroatoms. The smallest absolute Gasteiger partial charge is 0.0323 e. The van der Waals surface area contributed by atoms with Gasteiger partial charge in [0.15, 0.2) is 0 Å². The van der Waals surface area contributed by atoms with E-state index in [2.05, 4.69) is 409 Å². The molecular formula is C145H318. The maximum Gasteiger partial charge on any atom is -0.0323 e. The zero-order valence-corrected chi connectivity index (χ0v) is 117.